The lowest BCUT2D eigenvalue weighted by atomic mass is 10.1. The van der Waals surface area contributed by atoms with Gasteiger partial charge in [-0.3, -0.25) is 14.4 Å². The molecule has 2 aromatic rings. The second-order valence-corrected chi connectivity index (χ2v) is 5.51. The predicted octanol–water partition coefficient (Wildman–Crippen LogP) is 0.450. The van der Waals surface area contributed by atoms with Gasteiger partial charge in [-0.25, -0.2) is 0 Å². The van der Waals surface area contributed by atoms with Crippen molar-refractivity contribution in [3.63, 3.8) is 0 Å². The number of aromatic nitrogens is 4. The Labute approximate surface area is 121 Å². The Morgan fingerprint density at radius 3 is 3.00 bits per heavy atom. The van der Waals surface area contributed by atoms with E-state index in [4.69, 9.17) is 4.52 Å². The van der Waals surface area contributed by atoms with Gasteiger partial charge in [-0.2, -0.15) is 10.1 Å². The van der Waals surface area contributed by atoms with Crippen LogP contribution in [0.4, 0.5) is 5.69 Å². The SMILES string of the molecule is O=C1CCCN1c1cnn(C2CN(Cc3ncno3)C2)c1. The number of amides is 1. The highest BCUT2D eigenvalue weighted by atomic mass is 16.5. The highest BCUT2D eigenvalue weighted by Gasteiger charge is 2.31. The van der Waals surface area contributed by atoms with E-state index in [1.54, 1.807) is 6.20 Å². The first kappa shape index (κ1) is 12.5. The van der Waals surface area contributed by atoms with Crippen LogP contribution in [0.25, 0.3) is 0 Å². The predicted molar refractivity (Wildman–Crippen MR) is 72.4 cm³/mol. The van der Waals surface area contributed by atoms with E-state index in [0.717, 1.165) is 31.7 Å². The zero-order valence-corrected chi connectivity index (χ0v) is 11.6. The third-order valence-electron chi connectivity index (χ3n) is 4.05. The van der Waals surface area contributed by atoms with Gasteiger partial charge in [0.05, 0.1) is 24.5 Å². The van der Waals surface area contributed by atoms with Crippen LogP contribution in [0.2, 0.25) is 0 Å². The standard InChI is InChI=1S/C13H16N6O2/c20-13-2-1-3-18(13)10-4-15-19(7-10)11-5-17(6-11)8-12-14-9-16-21-12/h4,7,9,11H,1-3,5-6,8H2. The van der Waals surface area contributed by atoms with Gasteiger partial charge in [-0.1, -0.05) is 5.16 Å². The molecular weight excluding hydrogens is 272 g/mol. The highest BCUT2D eigenvalue weighted by Crippen LogP contribution is 2.26. The summed E-state index contributed by atoms with van der Waals surface area (Å²) in [6, 6.07) is 0.347. The maximum atomic E-state index is 11.7. The summed E-state index contributed by atoms with van der Waals surface area (Å²) in [5, 5.41) is 7.99. The van der Waals surface area contributed by atoms with Crippen LogP contribution in [0.15, 0.2) is 23.2 Å². The Kier molecular flexibility index (Phi) is 2.95. The molecule has 2 saturated heterocycles. The molecule has 0 unspecified atom stereocenters. The van der Waals surface area contributed by atoms with Crippen molar-refractivity contribution in [1.82, 2.24) is 24.8 Å². The Morgan fingerprint density at radius 1 is 1.38 bits per heavy atom. The van der Waals surface area contributed by atoms with Gasteiger partial charge in [0, 0.05) is 32.3 Å². The molecule has 2 aliphatic heterocycles. The van der Waals surface area contributed by atoms with E-state index < -0.39 is 0 Å². The molecule has 8 nitrogen and oxygen atoms in total. The minimum Gasteiger partial charge on any atom is -0.338 e. The molecule has 0 aromatic carbocycles. The molecule has 0 radical (unpaired) electrons. The summed E-state index contributed by atoms with van der Waals surface area (Å²) < 4.78 is 6.94. The average Bonchev–Trinajstić information content (AvgIpc) is 3.14. The summed E-state index contributed by atoms with van der Waals surface area (Å²) in [6.45, 7) is 3.28. The monoisotopic (exact) mass is 288 g/mol. The highest BCUT2D eigenvalue weighted by molar-refractivity contribution is 5.95. The lowest BCUT2D eigenvalue weighted by molar-refractivity contribution is -0.117. The van der Waals surface area contributed by atoms with Crippen molar-refractivity contribution in [3.8, 4) is 0 Å². The van der Waals surface area contributed by atoms with Gasteiger partial charge in [-0.15, -0.1) is 0 Å². The van der Waals surface area contributed by atoms with E-state index >= 15 is 0 Å². The first-order chi connectivity index (χ1) is 10.3. The first-order valence-electron chi connectivity index (χ1n) is 7.12. The smallest absolute Gasteiger partial charge is 0.240 e. The van der Waals surface area contributed by atoms with Gasteiger partial charge < -0.3 is 9.42 Å². The number of nitrogens with zero attached hydrogens (tertiary/aromatic N) is 6. The number of likely N-dealkylation sites (tertiary alicyclic amines) is 1. The molecule has 8 heteroatoms. The molecular formula is C13H16N6O2. The molecule has 2 aromatic heterocycles. The Bertz CT molecular complexity index is 631. The number of rotatable bonds is 4. The molecule has 4 rings (SSSR count). The van der Waals surface area contributed by atoms with Crippen LogP contribution < -0.4 is 4.90 Å². The normalized spacial score (nSPS) is 20.2. The topological polar surface area (TPSA) is 80.3 Å². The first-order valence-corrected chi connectivity index (χ1v) is 7.12. The van der Waals surface area contributed by atoms with Gasteiger partial charge in [0.1, 0.15) is 0 Å². The van der Waals surface area contributed by atoms with Crippen LogP contribution in [0.1, 0.15) is 24.8 Å². The summed E-state index contributed by atoms with van der Waals surface area (Å²) in [4.78, 5) is 19.8. The summed E-state index contributed by atoms with van der Waals surface area (Å²) in [7, 11) is 0. The van der Waals surface area contributed by atoms with Crippen LogP contribution in [-0.2, 0) is 11.3 Å². The van der Waals surface area contributed by atoms with E-state index in [9.17, 15) is 4.79 Å². The largest absolute Gasteiger partial charge is 0.338 e. The molecule has 0 atom stereocenters. The van der Waals surface area contributed by atoms with E-state index in [2.05, 4.69) is 20.1 Å². The van der Waals surface area contributed by atoms with E-state index in [-0.39, 0.29) is 5.91 Å². The van der Waals surface area contributed by atoms with Crippen molar-refractivity contribution in [2.24, 2.45) is 0 Å². The van der Waals surface area contributed by atoms with E-state index in [1.807, 2.05) is 15.8 Å². The summed E-state index contributed by atoms with van der Waals surface area (Å²) >= 11 is 0. The maximum Gasteiger partial charge on any atom is 0.240 e. The summed E-state index contributed by atoms with van der Waals surface area (Å²) in [6.07, 6.45) is 6.75. The molecule has 1 amide bonds. The van der Waals surface area contributed by atoms with Crippen LogP contribution in [-0.4, -0.2) is 50.4 Å². The van der Waals surface area contributed by atoms with E-state index in [0.29, 0.717) is 24.9 Å². The van der Waals surface area contributed by atoms with Gasteiger partial charge in [0.15, 0.2) is 6.33 Å². The van der Waals surface area contributed by atoms with Crippen molar-refractivity contribution in [2.45, 2.75) is 25.4 Å². The number of carbonyl (C=O) groups excluding carboxylic acids is 1. The fourth-order valence-corrected chi connectivity index (χ4v) is 2.88. The number of hydrogen-bond donors (Lipinski definition) is 0. The number of carbonyl (C=O) groups is 1. The van der Waals surface area contributed by atoms with Crippen LogP contribution in [0.3, 0.4) is 0 Å². The molecule has 0 N–H and O–H groups in total. The Balaban J connectivity index is 1.36. The molecule has 0 saturated carbocycles. The van der Waals surface area contributed by atoms with Crippen LogP contribution in [0, 0.1) is 0 Å². The summed E-state index contributed by atoms with van der Waals surface area (Å²) in [5.74, 6) is 0.832. The minimum atomic E-state index is 0.196. The average molecular weight is 288 g/mol. The molecule has 0 aliphatic carbocycles. The molecule has 21 heavy (non-hydrogen) atoms. The lowest BCUT2D eigenvalue weighted by Crippen LogP contribution is -2.47. The van der Waals surface area contributed by atoms with Gasteiger partial charge in [0.25, 0.3) is 0 Å². The second kappa shape index (κ2) is 4.96. The van der Waals surface area contributed by atoms with Crippen molar-refractivity contribution in [1.29, 1.82) is 0 Å². The van der Waals surface area contributed by atoms with E-state index in [1.165, 1.54) is 6.33 Å². The Morgan fingerprint density at radius 2 is 2.29 bits per heavy atom. The zero-order valence-electron chi connectivity index (χ0n) is 11.6. The molecule has 110 valence electrons. The Hall–Kier alpha value is -2.22. The third kappa shape index (κ3) is 2.31. The zero-order chi connectivity index (χ0) is 14.2. The van der Waals surface area contributed by atoms with Crippen molar-refractivity contribution in [3.05, 3.63) is 24.6 Å². The summed E-state index contributed by atoms with van der Waals surface area (Å²) in [5.41, 5.74) is 0.910. The van der Waals surface area contributed by atoms with Crippen LogP contribution in [0.5, 0.6) is 0 Å². The fourth-order valence-electron chi connectivity index (χ4n) is 2.88. The minimum absolute atomic E-state index is 0.196. The molecule has 4 heterocycles. The van der Waals surface area contributed by atoms with Crippen molar-refractivity contribution < 1.29 is 9.32 Å². The molecule has 2 aliphatic rings. The third-order valence-corrected chi connectivity index (χ3v) is 4.05. The van der Waals surface area contributed by atoms with Crippen LogP contribution >= 0.6 is 0 Å². The molecule has 2 fully saturated rings. The van der Waals surface area contributed by atoms with Gasteiger partial charge in [0.2, 0.25) is 11.8 Å². The second-order valence-electron chi connectivity index (χ2n) is 5.51. The number of anilines is 1. The molecule has 0 bridgehead atoms. The maximum absolute atomic E-state index is 11.7. The molecule has 0 spiro atoms. The lowest BCUT2D eigenvalue weighted by Gasteiger charge is -2.38. The fraction of sp³-hybridized carbons (Fsp3) is 0.538. The number of hydrogen-bond acceptors (Lipinski definition) is 6. The van der Waals surface area contributed by atoms with Gasteiger partial charge in [-0.05, 0) is 6.42 Å². The van der Waals surface area contributed by atoms with Gasteiger partial charge >= 0.3 is 0 Å². The van der Waals surface area contributed by atoms with Crippen molar-refractivity contribution >= 4 is 11.6 Å². The van der Waals surface area contributed by atoms with Crippen molar-refractivity contribution in [2.75, 3.05) is 24.5 Å². The quantitative estimate of drug-likeness (QED) is 0.812.